The summed E-state index contributed by atoms with van der Waals surface area (Å²) in [5.74, 6) is -0.525. The largest absolute Gasteiger partial charge is 0.465 e. The first-order chi connectivity index (χ1) is 6.13. The van der Waals surface area contributed by atoms with Crippen LogP contribution in [0.1, 0.15) is 13.8 Å². The molecular formula is C8H13ClO4. The minimum Gasteiger partial charge on any atom is -0.465 e. The molecule has 5 heteroatoms. The SMILES string of the molecule is CCOC(=O)C(Cl)C(C)OCC=O. The van der Waals surface area contributed by atoms with E-state index in [-0.39, 0.29) is 13.2 Å². The molecule has 0 aliphatic heterocycles. The van der Waals surface area contributed by atoms with Gasteiger partial charge in [-0.3, -0.25) is 4.79 Å². The molecular weight excluding hydrogens is 196 g/mol. The lowest BCUT2D eigenvalue weighted by Crippen LogP contribution is -2.31. The Morgan fingerprint density at radius 1 is 1.62 bits per heavy atom. The first-order valence-electron chi connectivity index (χ1n) is 3.99. The van der Waals surface area contributed by atoms with Gasteiger partial charge in [0.05, 0.1) is 12.7 Å². The Balaban J connectivity index is 3.85. The average Bonchev–Trinajstić information content (AvgIpc) is 2.13. The Bertz CT molecular complexity index is 172. The summed E-state index contributed by atoms with van der Waals surface area (Å²) in [6.45, 7) is 3.52. The first-order valence-corrected chi connectivity index (χ1v) is 4.43. The molecule has 0 aromatic rings. The van der Waals surface area contributed by atoms with Crippen LogP contribution in [-0.2, 0) is 19.1 Å². The maximum absolute atomic E-state index is 11.0. The fourth-order valence-corrected chi connectivity index (χ4v) is 0.825. The Morgan fingerprint density at radius 3 is 2.69 bits per heavy atom. The van der Waals surface area contributed by atoms with Gasteiger partial charge in [-0.15, -0.1) is 11.6 Å². The van der Waals surface area contributed by atoms with E-state index in [4.69, 9.17) is 16.3 Å². The van der Waals surface area contributed by atoms with Crippen LogP contribution in [0.2, 0.25) is 0 Å². The Hall–Kier alpha value is -0.610. The molecule has 0 fully saturated rings. The van der Waals surface area contributed by atoms with Gasteiger partial charge in [-0.25, -0.2) is 0 Å². The number of carbonyl (C=O) groups is 2. The molecule has 0 bridgehead atoms. The van der Waals surface area contributed by atoms with Gasteiger partial charge in [-0.2, -0.15) is 0 Å². The van der Waals surface area contributed by atoms with Crippen LogP contribution in [0.5, 0.6) is 0 Å². The van der Waals surface area contributed by atoms with Crippen molar-refractivity contribution in [2.24, 2.45) is 0 Å². The first kappa shape index (κ1) is 12.4. The van der Waals surface area contributed by atoms with Crippen molar-refractivity contribution in [1.82, 2.24) is 0 Å². The fourth-order valence-electron chi connectivity index (χ4n) is 0.689. The van der Waals surface area contributed by atoms with Crippen LogP contribution >= 0.6 is 11.6 Å². The summed E-state index contributed by atoms with van der Waals surface area (Å²) < 4.78 is 9.59. The molecule has 76 valence electrons. The number of alkyl halides is 1. The molecule has 0 rings (SSSR count). The lowest BCUT2D eigenvalue weighted by molar-refractivity contribution is -0.145. The fraction of sp³-hybridized carbons (Fsp3) is 0.750. The Morgan fingerprint density at radius 2 is 2.23 bits per heavy atom. The van der Waals surface area contributed by atoms with Crippen LogP contribution in [0.15, 0.2) is 0 Å². The van der Waals surface area contributed by atoms with Crippen molar-refractivity contribution < 1.29 is 19.1 Å². The zero-order chi connectivity index (χ0) is 10.3. The van der Waals surface area contributed by atoms with E-state index >= 15 is 0 Å². The van der Waals surface area contributed by atoms with Crippen LogP contribution in [0.3, 0.4) is 0 Å². The van der Waals surface area contributed by atoms with Gasteiger partial charge in [0.25, 0.3) is 0 Å². The number of ether oxygens (including phenoxy) is 2. The van der Waals surface area contributed by atoms with Gasteiger partial charge in [0.1, 0.15) is 12.9 Å². The van der Waals surface area contributed by atoms with E-state index in [0.29, 0.717) is 6.29 Å². The second-order valence-electron chi connectivity index (χ2n) is 2.36. The van der Waals surface area contributed by atoms with E-state index < -0.39 is 17.5 Å². The van der Waals surface area contributed by atoms with Crippen LogP contribution in [-0.4, -0.2) is 37.0 Å². The third kappa shape index (κ3) is 4.85. The number of esters is 1. The Labute approximate surface area is 82.1 Å². The van der Waals surface area contributed by atoms with Gasteiger partial charge in [-0.1, -0.05) is 0 Å². The van der Waals surface area contributed by atoms with Crippen LogP contribution in [0, 0.1) is 0 Å². The molecule has 2 unspecified atom stereocenters. The minimum absolute atomic E-state index is 0.0657. The summed E-state index contributed by atoms with van der Waals surface area (Å²) in [7, 11) is 0. The van der Waals surface area contributed by atoms with Gasteiger partial charge in [0.15, 0.2) is 5.38 Å². The second-order valence-corrected chi connectivity index (χ2v) is 2.83. The monoisotopic (exact) mass is 208 g/mol. The molecule has 0 spiro atoms. The van der Waals surface area contributed by atoms with Gasteiger partial charge >= 0.3 is 5.97 Å². The number of hydrogen-bond donors (Lipinski definition) is 0. The quantitative estimate of drug-likeness (QED) is 0.368. The average molecular weight is 209 g/mol. The van der Waals surface area contributed by atoms with E-state index in [1.807, 2.05) is 0 Å². The highest BCUT2D eigenvalue weighted by atomic mass is 35.5. The van der Waals surface area contributed by atoms with Gasteiger partial charge in [0, 0.05) is 0 Å². The van der Waals surface area contributed by atoms with Gasteiger partial charge < -0.3 is 14.3 Å². The van der Waals surface area contributed by atoms with Gasteiger partial charge in [0.2, 0.25) is 0 Å². The number of halogens is 1. The van der Waals surface area contributed by atoms with E-state index in [1.165, 1.54) is 0 Å². The zero-order valence-electron chi connectivity index (χ0n) is 7.66. The van der Waals surface area contributed by atoms with Crippen molar-refractivity contribution in [2.75, 3.05) is 13.2 Å². The van der Waals surface area contributed by atoms with Crippen molar-refractivity contribution in [1.29, 1.82) is 0 Å². The summed E-state index contributed by atoms with van der Waals surface area (Å²) >= 11 is 5.68. The van der Waals surface area contributed by atoms with E-state index in [1.54, 1.807) is 13.8 Å². The lowest BCUT2D eigenvalue weighted by atomic mass is 10.3. The third-order valence-corrected chi connectivity index (χ3v) is 1.88. The molecule has 0 aliphatic rings. The summed E-state index contributed by atoms with van der Waals surface area (Å²) in [6.07, 6.45) is 0.0801. The predicted molar refractivity (Wildman–Crippen MR) is 47.8 cm³/mol. The van der Waals surface area contributed by atoms with E-state index in [9.17, 15) is 9.59 Å². The number of rotatable bonds is 6. The molecule has 0 aliphatic carbocycles. The summed E-state index contributed by atoms with van der Waals surface area (Å²) in [5.41, 5.74) is 0. The van der Waals surface area contributed by atoms with Gasteiger partial charge in [-0.05, 0) is 13.8 Å². The third-order valence-electron chi connectivity index (χ3n) is 1.35. The topological polar surface area (TPSA) is 52.6 Å². The molecule has 4 nitrogen and oxygen atoms in total. The highest BCUT2D eigenvalue weighted by molar-refractivity contribution is 6.30. The smallest absolute Gasteiger partial charge is 0.326 e. The summed E-state index contributed by atoms with van der Waals surface area (Å²) in [5, 5.41) is -0.861. The molecule has 13 heavy (non-hydrogen) atoms. The predicted octanol–water partition coefficient (Wildman–Crippen LogP) is 0.761. The van der Waals surface area contributed by atoms with Crippen molar-refractivity contribution >= 4 is 23.9 Å². The number of carbonyl (C=O) groups excluding carboxylic acids is 2. The molecule has 2 atom stereocenters. The van der Waals surface area contributed by atoms with Crippen molar-refractivity contribution in [2.45, 2.75) is 25.3 Å². The number of aldehydes is 1. The highest BCUT2D eigenvalue weighted by Crippen LogP contribution is 2.08. The van der Waals surface area contributed by atoms with Crippen LogP contribution in [0.25, 0.3) is 0 Å². The van der Waals surface area contributed by atoms with Crippen molar-refractivity contribution in [3.8, 4) is 0 Å². The zero-order valence-corrected chi connectivity index (χ0v) is 8.41. The molecule has 0 heterocycles. The van der Waals surface area contributed by atoms with E-state index in [0.717, 1.165) is 0 Å². The maximum atomic E-state index is 11.0. The summed E-state index contributed by atoms with van der Waals surface area (Å²) in [6, 6.07) is 0. The molecule has 0 saturated carbocycles. The Kier molecular flexibility index (Phi) is 6.54. The summed E-state index contributed by atoms with van der Waals surface area (Å²) in [4.78, 5) is 21.0. The molecule has 0 aromatic carbocycles. The van der Waals surface area contributed by atoms with Crippen molar-refractivity contribution in [3.63, 3.8) is 0 Å². The van der Waals surface area contributed by atoms with Crippen LogP contribution in [0.4, 0.5) is 0 Å². The molecule has 0 N–H and O–H groups in total. The molecule has 0 saturated heterocycles. The van der Waals surface area contributed by atoms with Crippen molar-refractivity contribution in [3.05, 3.63) is 0 Å². The second kappa shape index (κ2) is 6.86. The highest BCUT2D eigenvalue weighted by Gasteiger charge is 2.24. The molecule has 0 amide bonds. The normalized spacial score (nSPS) is 14.7. The van der Waals surface area contributed by atoms with Crippen LogP contribution < -0.4 is 0 Å². The standard InChI is InChI=1S/C8H13ClO4/c1-3-12-8(11)7(9)6(2)13-5-4-10/h4,6-7H,3,5H2,1-2H3. The molecule has 0 radical (unpaired) electrons. The molecule has 0 aromatic heterocycles. The number of hydrogen-bond acceptors (Lipinski definition) is 4. The van der Waals surface area contributed by atoms with E-state index in [2.05, 4.69) is 4.74 Å². The minimum atomic E-state index is -0.861. The lowest BCUT2D eigenvalue weighted by Gasteiger charge is -2.15. The maximum Gasteiger partial charge on any atom is 0.326 e.